The molecule has 5 nitrogen and oxygen atoms in total. The SMILES string of the molecule is CN1CCN(C(=O)CC2=C3CCCCC3N(Cc3ccccc3)C2=O)CC1. The molecule has 2 amide bonds. The molecule has 144 valence electrons. The lowest BCUT2D eigenvalue weighted by atomic mass is 9.88. The van der Waals surface area contributed by atoms with Crippen molar-refractivity contribution in [1.29, 1.82) is 0 Å². The molecule has 0 bridgehead atoms. The summed E-state index contributed by atoms with van der Waals surface area (Å²) in [5, 5.41) is 0. The first-order valence-corrected chi connectivity index (χ1v) is 10.2. The Morgan fingerprint density at radius 1 is 1.07 bits per heavy atom. The zero-order valence-electron chi connectivity index (χ0n) is 16.2. The van der Waals surface area contributed by atoms with Crippen molar-refractivity contribution in [3.63, 3.8) is 0 Å². The number of likely N-dealkylation sites (N-methyl/N-ethyl adjacent to an activating group) is 1. The monoisotopic (exact) mass is 367 g/mol. The van der Waals surface area contributed by atoms with E-state index in [2.05, 4.69) is 24.1 Å². The highest BCUT2D eigenvalue weighted by Crippen LogP contribution is 2.38. The summed E-state index contributed by atoms with van der Waals surface area (Å²) in [6.07, 6.45) is 4.56. The minimum absolute atomic E-state index is 0.0863. The van der Waals surface area contributed by atoms with Gasteiger partial charge >= 0.3 is 0 Å². The molecule has 0 radical (unpaired) electrons. The largest absolute Gasteiger partial charge is 0.340 e. The van der Waals surface area contributed by atoms with E-state index in [1.54, 1.807) is 0 Å². The normalized spacial score (nSPS) is 23.7. The van der Waals surface area contributed by atoms with E-state index in [0.29, 0.717) is 6.54 Å². The van der Waals surface area contributed by atoms with Crippen LogP contribution in [-0.2, 0) is 16.1 Å². The maximum atomic E-state index is 13.2. The molecule has 1 unspecified atom stereocenters. The van der Waals surface area contributed by atoms with Gasteiger partial charge in [-0.1, -0.05) is 36.8 Å². The molecule has 0 spiro atoms. The van der Waals surface area contributed by atoms with Crippen LogP contribution >= 0.6 is 0 Å². The van der Waals surface area contributed by atoms with Crippen molar-refractivity contribution in [3.05, 3.63) is 47.0 Å². The maximum absolute atomic E-state index is 13.2. The number of hydrogen-bond acceptors (Lipinski definition) is 3. The average Bonchev–Trinajstić information content (AvgIpc) is 2.95. The third kappa shape index (κ3) is 3.79. The van der Waals surface area contributed by atoms with Gasteiger partial charge in [-0.2, -0.15) is 0 Å². The van der Waals surface area contributed by atoms with Crippen molar-refractivity contribution in [2.24, 2.45) is 0 Å². The predicted molar refractivity (Wildman–Crippen MR) is 105 cm³/mol. The highest BCUT2D eigenvalue weighted by atomic mass is 16.2. The molecule has 2 heterocycles. The van der Waals surface area contributed by atoms with E-state index >= 15 is 0 Å². The van der Waals surface area contributed by atoms with Crippen LogP contribution in [0.2, 0.25) is 0 Å². The zero-order valence-corrected chi connectivity index (χ0v) is 16.2. The van der Waals surface area contributed by atoms with Crippen LogP contribution in [0.25, 0.3) is 0 Å². The quantitative estimate of drug-likeness (QED) is 0.821. The second-order valence-corrected chi connectivity index (χ2v) is 8.04. The van der Waals surface area contributed by atoms with E-state index < -0.39 is 0 Å². The van der Waals surface area contributed by atoms with Gasteiger partial charge in [0.1, 0.15) is 0 Å². The van der Waals surface area contributed by atoms with Crippen molar-refractivity contribution < 1.29 is 9.59 Å². The van der Waals surface area contributed by atoms with Crippen LogP contribution in [-0.4, -0.2) is 65.8 Å². The van der Waals surface area contributed by atoms with E-state index in [-0.39, 0.29) is 24.3 Å². The molecule has 1 saturated carbocycles. The molecular weight excluding hydrogens is 338 g/mol. The van der Waals surface area contributed by atoms with Crippen LogP contribution in [0, 0.1) is 0 Å². The second kappa shape index (κ2) is 7.85. The molecule has 2 aliphatic heterocycles. The Bertz CT molecular complexity index is 735. The Morgan fingerprint density at radius 3 is 2.56 bits per heavy atom. The lowest BCUT2D eigenvalue weighted by molar-refractivity contribution is -0.134. The van der Waals surface area contributed by atoms with Crippen LogP contribution in [0.1, 0.15) is 37.7 Å². The van der Waals surface area contributed by atoms with Gasteiger partial charge in [0.2, 0.25) is 5.91 Å². The molecule has 0 aromatic heterocycles. The average molecular weight is 367 g/mol. The Morgan fingerprint density at radius 2 is 1.81 bits per heavy atom. The molecule has 1 saturated heterocycles. The first kappa shape index (κ1) is 18.2. The molecule has 1 atom stereocenters. The first-order chi connectivity index (χ1) is 13.1. The Balaban J connectivity index is 1.50. The lowest BCUT2D eigenvalue weighted by Gasteiger charge is -2.32. The summed E-state index contributed by atoms with van der Waals surface area (Å²) in [6, 6.07) is 10.4. The number of nitrogens with zero attached hydrogens (tertiary/aromatic N) is 3. The first-order valence-electron chi connectivity index (χ1n) is 10.2. The van der Waals surface area contributed by atoms with Gasteiger partial charge in [-0.3, -0.25) is 9.59 Å². The number of amides is 2. The molecule has 1 aliphatic carbocycles. The number of rotatable bonds is 4. The minimum Gasteiger partial charge on any atom is -0.340 e. The third-order valence-corrected chi connectivity index (χ3v) is 6.24. The molecular formula is C22H29N3O2. The molecule has 1 aromatic carbocycles. The fraction of sp³-hybridized carbons (Fsp3) is 0.545. The highest BCUT2D eigenvalue weighted by molar-refractivity contribution is 6.02. The van der Waals surface area contributed by atoms with Crippen molar-refractivity contribution in [2.75, 3.05) is 33.2 Å². The van der Waals surface area contributed by atoms with Crippen LogP contribution in [0.4, 0.5) is 0 Å². The van der Waals surface area contributed by atoms with Crippen LogP contribution < -0.4 is 0 Å². The van der Waals surface area contributed by atoms with E-state index in [1.807, 2.05) is 28.0 Å². The summed E-state index contributed by atoms with van der Waals surface area (Å²) in [6.45, 7) is 4.00. The van der Waals surface area contributed by atoms with Gasteiger partial charge in [-0.25, -0.2) is 0 Å². The zero-order chi connectivity index (χ0) is 18.8. The van der Waals surface area contributed by atoms with Gasteiger partial charge in [0, 0.05) is 38.3 Å². The summed E-state index contributed by atoms with van der Waals surface area (Å²) in [5.74, 6) is 0.202. The number of benzene rings is 1. The molecule has 5 heteroatoms. The Labute approximate surface area is 161 Å². The highest BCUT2D eigenvalue weighted by Gasteiger charge is 2.40. The van der Waals surface area contributed by atoms with E-state index in [9.17, 15) is 9.59 Å². The maximum Gasteiger partial charge on any atom is 0.251 e. The van der Waals surface area contributed by atoms with Gasteiger partial charge < -0.3 is 14.7 Å². The predicted octanol–water partition coefficient (Wildman–Crippen LogP) is 2.43. The van der Waals surface area contributed by atoms with Crippen molar-refractivity contribution in [3.8, 4) is 0 Å². The topological polar surface area (TPSA) is 43.9 Å². The number of carbonyl (C=O) groups excluding carboxylic acids is 2. The Hall–Kier alpha value is -2.14. The third-order valence-electron chi connectivity index (χ3n) is 6.24. The molecule has 3 aliphatic rings. The van der Waals surface area contributed by atoms with Crippen LogP contribution in [0.15, 0.2) is 41.5 Å². The van der Waals surface area contributed by atoms with E-state index in [4.69, 9.17) is 0 Å². The molecule has 1 aromatic rings. The summed E-state index contributed by atoms with van der Waals surface area (Å²) < 4.78 is 0. The number of carbonyl (C=O) groups is 2. The lowest BCUT2D eigenvalue weighted by Crippen LogP contribution is -2.47. The van der Waals surface area contributed by atoms with Crippen LogP contribution in [0.3, 0.4) is 0 Å². The second-order valence-electron chi connectivity index (χ2n) is 8.04. The number of hydrogen-bond donors (Lipinski definition) is 0. The summed E-state index contributed by atoms with van der Waals surface area (Å²) in [4.78, 5) is 32.3. The Kier molecular flexibility index (Phi) is 5.30. The standard InChI is InChI=1S/C22H29N3O2/c1-23-11-13-24(14-12-23)21(26)15-19-18-9-5-6-10-20(18)25(22(19)27)16-17-7-3-2-4-8-17/h2-4,7-8,20H,5-6,9-16H2,1H3. The summed E-state index contributed by atoms with van der Waals surface area (Å²) in [7, 11) is 2.08. The smallest absolute Gasteiger partial charge is 0.251 e. The van der Waals surface area contributed by atoms with Gasteiger partial charge in [0.05, 0.1) is 12.5 Å². The van der Waals surface area contributed by atoms with Gasteiger partial charge in [-0.15, -0.1) is 0 Å². The van der Waals surface area contributed by atoms with Gasteiger partial charge in [0.25, 0.3) is 5.91 Å². The van der Waals surface area contributed by atoms with Crippen molar-refractivity contribution >= 4 is 11.8 Å². The molecule has 2 fully saturated rings. The fourth-order valence-corrected chi connectivity index (χ4v) is 4.61. The van der Waals surface area contributed by atoms with E-state index in [0.717, 1.165) is 63.0 Å². The summed E-state index contributed by atoms with van der Waals surface area (Å²) in [5.41, 5.74) is 3.19. The molecule has 27 heavy (non-hydrogen) atoms. The fourth-order valence-electron chi connectivity index (χ4n) is 4.61. The minimum atomic E-state index is 0.0863. The van der Waals surface area contributed by atoms with Gasteiger partial charge in [0.15, 0.2) is 0 Å². The number of piperazine rings is 1. The molecule has 4 rings (SSSR count). The van der Waals surface area contributed by atoms with Gasteiger partial charge in [-0.05, 0) is 37.4 Å². The number of fused-ring (bicyclic) bond motifs is 1. The van der Waals surface area contributed by atoms with Crippen LogP contribution in [0.5, 0.6) is 0 Å². The van der Waals surface area contributed by atoms with Crippen molar-refractivity contribution in [2.45, 2.75) is 44.7 Å². The molecule has 0 N–H and O–H groups in total. The summed E-state index contributed by atoms with van der Waals surface area (Å²) >= 11 is 0. The van der Waals surface area contributed by atoms with Crippen molar-refractivity contribution in [1.82, 2.24) is 14.7 Å². The van der Waals surface area contributed by atoms with E-state index in [1.165, 1.54) is 5.57 Å².